The van der Waals surface area contributed by atoms with E-state index in [4.69, 9.17) is 0 Å². The molecule has 1 heterocycles. The Morgan fingerprint density at radius 2 is 1.76 bits per heavy atom. The summed E-state index contributed by atoms with van der Waals surface area (Å²) in [6.45, 7) is 2.04. The number of H-pyrrole nitrogens is 1. The second-order valence-corrected chi connectivity index (χ2v) is 7.93. The maximum absolute atomic E-state index is 13.6. The fourth-order valence-electron chi connectivity index (χ4n) is 4.33. The van der Waals surface area contributed by atoms with Crippen LogP contribution in [0.4, 0.5) is 5.69 Å². The van der Waals surface area contributed by atoms with Crippen LogP contribution in [0.2, 0.25) is 0 Å². The van der Waals surface area contributed by atoms with E-state index in [1.54, 1.807) is 0 Å². The van der Waals surface area contributed by atoms with Gasteiger partial charge in [-0.2, -0.15) is 0 Å². The molecule has 0 amide bonds. The van der Waals surface area contributed by atoms with E-state index in [-0.39, 0.29) is 5.78 Å². The Bertz CT molecular complexity index is 1190. The molecule has 0 saturated heterocycles. The van der Waals surface area contributed by atoms with Crippen LogP contribution >= 0.6 is 0 Å². The van der Waals surface area contributed by atoms with Crippen LogP contribution in [0.3, 0.4) is 0 Å². The van der Waals surface area contributed by atoms with Gasteiger partial charge in [0.05, 0.1) is 0 Å². The first-order chi connectivity index (χ1) is 14.2. The maximum Gasteiger partial charge on any atom is 0.189 e. The van der Waals surface area contributed by atoms with Crippen LogP contribution in [0.15, 0.2) is 72.9 Å². The number of rotatable bonds is 5. The predicted molar refractivity (Wildman–Crippen MR) is 119 cm³/mol. The zero-order valence-electron chi connectivity index (χ0n) is 16.5. The highest BCUT2D eigenvalue weighted by molar-refractivity contribution is 6.04. The minimum atomic E-state index is -0.451. The Hall–Kier alpha value is -3.33. The highest BCUT2D eigenvalue weighted by Gasteiger charge is 2.25. The lowest BCUT2D eigenvalue weighted by atomic mass is 9.95. The van der Waals surface area contributed by atoms with Gasteiger partial charge in [0.1, 0.15) is 6.04 Å². The molecule has 144 valence electrons. The smallest absolute Gasteiger partial charge is 0.189 e. The van der Waals surface area contributed by atoms with Crippen molar-refractivity contribution in [1.82, 2.24) is 4.98 Å². The van der Waals surface area contributed by atoms with Crippen molar-refractivity contribution < 1.29 is 4.79 Å². The lowest BCUT2D eigenvalue weighted by Gasteiger charge is -2.20. The number of benzene rings is 3. The number of carbonyl (C=O) groups is 1. The van der Waals surface area contributed by atoms with Crippen LogP contribution in [-0.2, 0) is 12.8 Å². The van der Waals surface area contributed by atoms with E-state index in [9.17, 15) is 4.79 Å². The lowest BCUT2D eigenvalue weighted by Crippen LogP contribution is -2.21. The maximum atomic E-state index is 13.6. The third-order valence-corrected chi connectivity index (χ3v) is 5.94. The number of aromatic nitrogens is 1. The summed E-state index contributed by atoms with van der Waals surface area (Å²) < 4.78 is 0. The average Bonchev–Trinajstić information content (AvgIpc) is 3.38. The number of ketones is 1. The van der Waals surface area contributed by atoms with E-state index in [1.165, 1.54) is 17.5 Å². The molecule has 0 spiro atoms. The number of hydrogen-bond donors (Lipinski definition) is 2. The molecule has 0 aliphatic heterocycles. The molecule has 1 aliphatic rings. The Kier molecular flexibility index (Phi) is 4.44. The van der Waals surface area contributed by atoms with Gasteiger partial charge in [0.25, 0.3) is 0 Å². The van der Waals surface area contributed by atoms with E-state index in [1.807, 2.05) is 55.6 Å². The number of nitrogens with one attached hydrogen (secondary N) is 2. The van der Waals surface area contributed by atoms with Crippen molar-refractivity contribution in [2.75, 3.05) is 5.32 Å². The van der Waals surface area contributed by atoms with E-state index >= 15 is 0 Å². The Balaban J connectivity index is 1.57. The van der Waals surface area contributed by atoms with Gasteiger partial charge in [-0.1, -0.05) is 54.1 Å². The monoisotopic (exact) mass is 380 g/mol. The first-order valence-electron chi connectivity index (χ1n) is 10.2. The van der Waals surface area contributed by atoms with Crippen LogP contribution in [0.1, 0.15) is 45.1 Å². The first kappa shape index (κ1) is 17.7. The minimum Gasteiger partial charge on any atom is -0.371 e. The number of fused-ring (bicyclic) bond motifs is 2. The van der Waals surface area contributed by atoms with Gasteiger partial charge in [0.15, 0.2) is 5.78 Å². The van der Waals surface area contributed by atoms with E-state index in [2.05, 4.69) is 34.6 Å². The zero-order valence-corrected chi connectivity index (χ0v) is 16.5. The number of hydrogen-bond acceptors (Lipinski definition) is 2. The number of aromatic amines is 1. The van der Waals surface area contributed by atoms with Crippen molar-refractivity contribution in [3.05, 3.63) is 101 Å². The van der Waals surface area contributed by atoms with Gasteiger partial charge < -0.3 is 10.3 Å². The van der Waals surface area contributed by atoms with Gasteiger partial charge in [-0.15, -0.1) is 0 Å². The fourth-order valence-corrected chi connectivity index (χ4v) is 4.33. The SMILES string of the molecule is Cc1ccc(C(=O)C(Nc2ccc3c(c2)CCC3)c2c[nH]c3ccccc23)cc1. The highest BCUT2D eigenvalue weighted by Crippen LogP contribution is 2.32. The molecule has 4 aromatic rings. The molecule has 1 aliphatic carbocycles. The molecule has 5 rings (SSSR count). The van der Waals surface area contributed by atoms with Gasteiger partial charge in [0, 0.05) is 33.9 Å². The van der Waals surface area contributed by atoms with Crippen LogP contribution in [-0.4, -0.2) is 10.8 Å². The molecule has 0 radical (unpaired) electrons. The second kappa shape index (κ2) is 7.25. The van der Waals surface area contributed by atoms with Gasteiger partial charge in [-0.05, 0) is 55.5 Å². The minimum absolute atomic E-state index is 0.0789. The molecule has 3 heteroatoms. The molecule has 0 saturated carbocycles. The van der Waals surface area contributed by atoms with Crippen molar-refractivity contribution in [2.24, 2.45) is 0 Å². The molecular formula is C26H24N2O. The largest absolute Gasteiger partial charge is 0.371 e. The Labute approximate surface area is 170 Å². The summed E-state index contributed by atoms with van der Waals surface area (Å²) in [6.07, 6.45) is 5.45. The van der Waals surface area contributed by atoms with Crippen molar-refractivity contribution in [1.29, 1.82) is 0 Å². The lowest BCUT2D eigenvalue weighted by molar-refractivity contribution is 0.0970. The molecule has 2 N–H and O–H groups in total. The highest BCUT2D eigenvalue weighted by atomic mass is 16.1. The summed E-state index contributed by atoms with van der Waals surface area (Å²) in [4.78, 5) is 16.9. The zero-order chi connectivity index (χ0) is 19.8. The summed E-state index contributed by atoms with van der Waals surface area (Å²) in [5.74, 6) is 0.0789. The van der Waals surface area contributed by atoms with Gasteiger partial charge >= 0.3 is 0 Å². The molecule has 1 atom stereocenters. The Morgan fingerprint density at radius 1 is 0.966 bits per heavy atom. The summed E-state index contributed by atoms with van der Waals surface area (Å²) >= 11 is 0. The Morgan fingerprint density at radius 3 is 2.62 bits per heavy atom. The molecule has 1 unspecified atom stereocenters. The van der Waals surface area contributed by atoms with E-state index < -0.39 is 6.04 Å². The quantitative estimate of drug-likeness (QED) is 0.417. The summed E-state index contributed by atoms with van der Waals surface area (Å²) in [5, 5.41) is 4.62. The van der Waals surface area contributed by atoms with Crippen LogP contribution in [0, 0.1) is 6.92 Å². The van der Waals surface area contributed by atoms with Gasteiger partial charge in [-0.3, -0.25) is 4.79 Å². The first-order valence-corrected chi connectivity index (χ1v) is 10.2. The summed E-state index contributed by atoms with van der Waals surface area (Å²) in [6, 6.07) is 22.0. The van der Waals surface area contributed by atoms with Crippen LogP contribution < -0.4 is 5.32 Å². The van der Waals surface area contributed by atoms with Crippen LogP contribution in [0.5, 0.6) is 0 Å². The number of aryl methyl sites for hydroxylation is 3. The third-order valence-electron chi connectivity index (χ3n) is 5.94. The second-order valence-electron chi connectivity index (χ2n) is 7.93. The normalized spacial score (nSPS) is 14.0. The third kappa shape index (κ3) is 3.33. The van der Waals surface area contributed by atoms with Crippen LogP contribution in [0.25, 0.3) is 10.9 Å². The number of anilines is 1. The van der Waals surface area contributed by atoms with Gasteiger partial charge in [-0.25, -0.2) is 0 Å². The predicted octanol–water partition coefficient (Wildman–Crippen LogP) is 6.00. The van der Waals surface area contributed by atoms with Crippen molar-refractivity contribution >= 4 is 22.4 Å². The number of carbonyl (C=O) groups excluding carboxylic acids is 1. The fraction of sp³-hybridized carbons (Fsp3) is 0.192. The molecule has 1 aromatic heterocycles. The topological polar surface area (TPSA) is 44.9 Å². The average molecular weight is 380 g/mol. The van der Waals surface area contributed by atoms with E-state index in [0.717, 1.165) is 46.1 Å². The standard InChI is InChI=1S/C26H24N2O/c1-17-9-11-19(12-10-17)26(29)25(23-16-27-24-8-3-2-7-22(23)24)28-21-14-13-18-5-4-6-20(18)15-21/h2-3,7-16,25,27-28H,4-6H2,1H3. The summed E-state index contributed by atoms with van der Waals surface area (Å²) in [7, 11) is 0. The van der Waals surface area contributed by atoms with Gasteiger partial charge in [0.2, 0.25) is 0 Å². The molecule has 0 bridgehead atoms. The molecule has 3 nitrogen and oxygen atoms in total. The van der Waals surface area contributed by atoms with E-state index in [0.29, 0.717) is 0 Å². The van der Waals surface area contributed by atoms with Crippen molar-refractivity contribution in [3.8, 4) is 0 Å². The molecule has 29 heavy (non-hydrogen) atoms. The molecule has 0 fully saturated rings. The van der Waals surface area contributed by atoms with Crippen molar-refractivity contribution in [2.45, 2.75) is 32.2 Å². The summed E-state index contributed by atoms with van der Waals surface area (Å²) in [5.41, 5.74) is 7.73. The number of para-hydroxylation sites is 1. The molecular weight excluding hydrogens is 356 g/mol. The molecule has 3 aromatic carbocycles. The van der Waals surface area contributed by atoms with Crippen molar-refractivity contribution in [3.63, 3.8) is 0 Å². The number of Topliss-reactive ketones (excluding diaryl/α,β-unsaturated/α-hetero) is 1.